The van der Waals surface area contributed by atoms with Crippen molar-refractivity contribution < 1.29 is 15.0 Å². The van der Waals surface area contributed by atoms with Crippen LogP contribution in [0.1, 0.15) is 39.0 Å². The van der Waals surface area contributed by atoms with Crippen LogP contribution < -0.4 is 5.73 Å². The first-order valence-electron chi connectivity index (χ1n) is 5.66. The highest BCUT2D eigenvalue weighted by Gasteiger charge is 2.44. The Bertz CT molecular complexity index is 232. The van der Waals surface area contributed by atoms with E-state index in [2.05, 4.69) is 6.92 Å². The van der Waals surface area contributed by atoms with Crippen LogP contribution in [-0.4, -0.2) is 28.8 Å². The van der Waals surface area contributed by atoms with E-state index < -0.39 is 17.5 Å². The van der Waals surface area contributed by atoms with Gasteiger partial charge >= 0.3 is 5.97 Å². The highest BCUT2D eigenvalue weighted by atomic mass is 16.4. The molecular formula is C11H21NO3. The maximum absolute atomic E-state index is 10.9. The van der Waals surface area contributed by atoms with Crippen molar-refractivity contribution in [1.82, 2.24) is 0 Å². The molecule has 0 aromatic rings. The molecule has 1 fully saturated rings. The zero-order chi connectivity index (χ0) is 11.5. The van der Waals surface area contributed by atoms with E-state index in [9.17, 15) is 9.90 Å². The fourth-order valence-electron chi connectivity index (χ4n) is 2.68. The molecule has 1 saturated carbocycles. The Morgan fingerprint density at radius 1 is 1.67 bits per heavy atom. The van der Waals surface area contributed by atoms with Gasteiger partial charge in [0.25, 0.3) is 0 Å². The van der Waals surface area contributed by atoms with Gasteiger partial charge in [-0.05, 0) is 18.8 Å². The van der Waals surface area contributed by atoms with Gasteiger partial charge in [0.2, 0.25) is 0 Å². The third-order valence-corrected chi connectivity index (χ3v) is 3.78. The third kappa shape index (κ3) is 2.49. The fourth-order valence-corrected chi connectivity index (χ4v) is 2.68. The largest absolute Gasteiger partial charge is 0.479 e. The van der Waals surface area contributed by atoms with E-state index in [4.69, 9.17) is 10.8 Å². The first-order valence-corrected chi connectivity index (χ1v) is 5.66. The van der Waals surface area contributed by atoms with Gasteiger partial charge in [-0.25, -0.2) is 4.79 Å². The predicted molar refractivity (Wildman–Crippen MR) is 57.4 cm³/mol. The van der Waals surface area contributed by atoms with Gasteiger partial charge in [-0.15, -0.1) is 0 Å². The number of aliphatic carboxylic acids is 1. The van der Waals surface area contributed by atoms with Crippen LogP contribution in [0.5, 0.6) is 0 Å². The molecule has 0 aliphatic heterocycles. The van der Waals surface area contributed by atoms with Crippen molar-refractivity contribution in [3.05, 3.63) is 0 Å². The summed E-state index contributed by atoms with van der Waals surface area (Å²) in [6, 6.07) is 0. The molecule has 1 aliphatic carbocycles. The number of nitrogens with two attached hydrogens (primary N) is 1. The molecule has 0 aromatic heterocycles. The molecule has 0 heterocycles. The summed E-state index contributed by atoms with van der Waals surface area (Å²) in [4.78, 5) is 10.9. The van der Waals surface area contributed by atoms with Crippen molar-refractivity contribution in [2.75, 3.05) is 6.54 Å². The molecule has 3 unspecified atom stereocenters. The van der Waals surface area contributed by atoms with E-state index >= 15 is 0 Å². The molecule has 0 bridgehead atoms. The molecule has 0 aromatic carbocycles. The second-order valence-electron chi connectivity index (χ2n) is 4.68. The summed E-state index contributed by atoms with van der Waals surface area (Å²) >= 11 is 0. The van der Waals surface area contributed by atoms with E-state index in [1.165, 1.54) is 0 Å². The lowest BCUT2D eigenvalue weighted by Crippen LogP contribution is -2.48. The van der Waals surface area contributed by atoms with Crippen LogP contribution in [0.2, 0.25) is 0 Å². The molecule has 0 saturated heterocycles. The lowest BCUT2D eigenvalue weighted by atomic mass is 9.66. The van der Waals surface area contributed by atoms with E-state index in [1.807, 2.05) is 0 Å². The second-order valence-corrected chi connectivity index (χ2v) is 4.68. The molecule has 1 aliphatic rings. The zero-order valence-electron chi connectivity index (χ0n) is 9.28. The number of rotatable bonds is 4. The van der Waals surface area contributed by atoms with E-state index in [-0.39, 0.29) is 6.54 Å². The molecule has 15 heavy (non-hydrogen) atoms. The number of aliphatic hydroxyl groups excluding tert-OH is 1. The Hall–Kier alpha value is -0.610. The Morgan fingerprint density at radius 3 is 2.80 bits per heavy atom. The van der Waals surface area contributed by atoms with Crippen molar-refractivity contribution in [3.63, 3.8) is 0 Å². The van der Waals surface area contributed by atoms with Crippen molar-refractivity contribution in [3.8, 4) is 0 Å². The van der Waals surface area contributed by atoms with Crippen LogP contribution in [0.3, 0.4) is 0 Å². The van der Waals surface area contributed by atoms with Gasteiger partial charge < -0.3 is 15.9 Å². The predicted octanol–water partition coefficient (Wildman–Crippen LogP) is 0.977. The summed E-state index contributed by atoms with van der Waals surface area (Å²) in [7, 11) is 0. The monoisotopic (exact) mass is 215 g/mol. The molecule has 0 spiro atoms. The summed E-state index contributed by atoms with van der Waals surface area (Å²) in [5.41, 5.74) is 5.08. The van der Waals surface area contributed by atoms with Crippen LogP contribution in [0, 0.1) is 11.3 Å². The van der Waals surface area contributed by atoms with Gasteiger partial charge in [-0.1, -0.05) is 26.2 Å². The quantitative estimate of drug-likeness (QED) is 0.652. The Labute approximate surface area is 90.5 Å². The van der Waals surface area contributed by atoms with Crippen LogP contribution >= 0.6 is 0 Å². The maximum atomic E-state index is 10.9. The average Bonchev–Trinajstić information content (AvgIpc) is 2.27. The summed E-state index contributed by atoms with van der Waals surface area (Å²) < 4.78 is 0. The zero-order valence-corrected chi connectivity index (χ0v) is 9.28. The minimum absolute atomic E-state index is 0.261. The molecule has 3 atom stereocenters. The molecule has 1 rings (SSSR count). The van der Waals surface area contributed by atoms with Crippen molar-refractivity contribution in [2.24, 2.45) is 17.1 Å². The third-order valence-electron chi connectivity index (χ3n) is 3.78. The minimum Gasteiger partial charge on any atom is -0.479 e. The first kappa shape index (κ1) is 12.5. The molecular weight excluding hydrogens is 194 g/mol. The number of hydrogen-bond acceptors (Lipinski definition) is 3. The fraction of sp³-hybridized carbons (Fsp3) is 0.909. The molecule has 4 N–H and O–H groups in total. The van der Waals surface area contributed by atoms with Gasteiger partial charge in [0.1, 0.15) is 0 Å². The lowest BCUT2D eigenvalue weighted by molar-refractivity contribution is -0.156. The Morgan fingerprint density at radius 2 is 2.33 bits per heavy atom. The molecule has 4 heteroatoms. The summed E-state index contributed by atoms with van der Waals surface area (Å²) in [6.45, 7) is 2.36. The Kier molecular flexibility index (Phi) is 4.11. The lowest BCUT2D eigenvalue weighted by Gasteiger charge is -2.41. The van der Waals surface area contributed by atoms with E-state index in [0.717, 1.165) is 32.1 Å². The molecule has 4 nitrogen and oxygen atoms in total. The van der Waals surface area contributed by atoms with Gasteiger partial charge in [0, 0.05) is 12.0 Å². The topological polar surface area (TPSA) is 83.5 Å². The highest BCUT2D eigenvalue weighted by Crippen LogP contribution is 2.42. The smallest absolute Gasteiger partial charge is 0.333 e. The number of aliphatic hydroxyl groups is 1. The van der Waals surface area contributed by atoms with E-state index in [1.54, 1.807) is 0 Å². The first-order chi connectivity index (χ1) is 7.05. The van der Waals surface area contributed by atoms with Gasteiger partial charge in [0.15, 0.2) is 6.10 Å². The average molecular weight is 215 g/mol. The van der Waals surface area contributed by atoms with E-state index in [0.29, 0.717) is 5.92 Å². The number of hydrogen-bond donors (Lipinski definition) is 3. The SMILES string of the molecule is CCC1CCCC(CN)(C(O)C(=O)O)C1. The van der Waals surface area contributed by atoms with Crippen molar-refractivity contribution in [1.29, 1.82) is 0 Å². The van der Waals surface area contributed by atoms with Crippen LogP contribution in [0.4, 0.5) is 0 Å². The summed E-state index contributed by atoms with van der Waals surface area (Å²) in [5, 5.41) is 18.6. The standard InChI is InChI=1S/C11H21NO3/c1-2-8-4-3-5-11(6-8,7-12)9(13)10(14)15/h8-9,13H,2-7,12H2,1H3,(H,14,15). The Balaban J connectivity index is 2.78. The second kappa shape index (κ2) is 4.94. The molecule has 88 valence electrons. The maximum Gasteiger partial charge on any atom is 0.333 e. The minimum atomic E-state index is -1.31. The number of carbonyl (C=O) groups is 1. The summed E-state index contributed by atoms with van der Waals surface area (Å²) in [6.07, 6.45) is 3.30. The highest BCUT2D eigenvalue weighted by molar-refractivity contribution is 5.73. The van der Waals surface area contributed by atoms with Gasteiger partial charge in [-0.3, -0.25) is 0 Å². The molecule has 0 radical (unpaired) electrons. The van der Waals surface area contributed by atoms with Gasteiger partial charge in [-0.2, -0.15) is 0 Å². The van der Waals surface area contributed by atoms with Gasteiger partial charge in [0.05, 0.1) is 0 Å². The number of carboxylic acid groups (broad SMARTS) is 1. The van der Waals surface area contributed by atoms with Crippen LogP contribution in [0.15, 0.2) is 0 Å². The molecule has 0 amide bonds. The summed E-state index contributed by atoms with van der Waals surface area (Å²) in [5.74, 6) is -0.631. The van der Waals surface area contributed by atoms with Crippen molar-refractivity contribution in [2.45, 2.75) is 45.1 Å². The van der Waals surface area contributed by atoms with Crippen molar-refractivity contribution >= 4 is 5.97 Å². The number of carboxylic acids is 1. The van der Waals surface area contributed by atoms with Crippen LogP contribution in [0.25, 0.3) is 0 Å². The van der Waals surface area contributed by atoms with Crippen LogP contribution in [-0.2, 0) is 4.79 Å². The normalized spacial score (nSPS) is 33.7.